The summed E-state index contributed by atoms with van der Waals surface area (Å²) in [5.74, 6) is -1.84. The van der Waals surface area contributed by atoms with Crippen molar-refractivity contribution < 1.29 is 23.9 Å². The Morgan fingerprint density at radius 2 is 1.73 bits per heavy atom. The maximum absolute atomic E-state index is 13.4. The number of aromatic nitrogens is 1. The Bertz CT molecular complexity index is 1510. The molecule has 0 radical (unpaired) electrons. The summed E-state index contributed by atoms with van der Waals surface area (Å²) < 4.78 is 7.24. The van der Waals surface area contributed by atoms with Crippen molar-refractivity contribution in [1.82, 2.24) is 9.88 Å². The Morgan fingerprint density at radius 3 is 2.38 bits per heavy atom. The number of carbonyl (C=O) groups excluding carboxylic acids is 4. The van der Waals surface area contributed by atoms with Gasteiger partial charge in [-0.2, -0.15) is 0 Å². The molecule has 8 nitrogen and oxygen atoms in total. The number of ether oxygens (including phenoxy) is 1. The van der Waals surface area contributed by atoms with E-state index in [-0.39, 0.29) is 12.2 Å². The molecule has 0 aliphatic carbocycles. The van der Waals surface area contributed by atoms with E-state index in [1.54, 1.807) is 19.1 Å². The molecule has 1 aliphatic heterocycles. The molecule has 4 rings (SSSR count). The van der Waals surface area contributed by atoms with Crippen molar-refractivity contribution >= 4 is 46.9 Å². The van der Waals surface area contributed by atoms with Crippen LogP contribution in [0.4, 0.5) is 10.5 Å². The molecule has 0 unspecified atom stereocenters. The van der Waals surface area contributed by atoms with Gasteiger partial charge in [-0.1, -0.05) is 6.07 Å². The zero-order valence-electron chi connectivity index (χ0n) is 21.9. The van der Waals surface area contributed by atoms with Gasteiger partial charge in [-0.3, -0.25) is 14.9 Å². The first-order valence-corrected chi connectivity index (χ1v) is 12.7. The largest absolute Gasteiger partial charge is 0.462 e. The third-order valence-corrected chi connectivity index (χ3v) is 7.86. The lowest BCUT2D eigenvalue weighted by Gasteiger charge is -2.26. The van der Waals surface area contributed by atoms with Crippen molar-refractivity contribution in [2.75, 3.05) is 11.5 Å². The number of rotatable bonds is 5. The second-order valence-corrected chi connectivity index (χ2v) is 10.3. The molecule has 0 atom stereocenters. The predicted molar refractivity (Wildman–Crippen MR) is 143 cm³/mol. The molecule has 37 heavy (non-hydrogen) atoms. The van der Waals surface area contributed by atoms with Crippen LogP contribution in [-0.2, 0) is 14.3 Å². The van der Waals surface area contributed by atoms with Crippen molar-refractivity contribution in [3.8, 4) is 5.00 Å². The van der Waals surface area contributed by atoms with Gasteiger partial charge in [0.2, 0.25) is 0 Å². The summed E-state index contributed by atoms with van der Waals surface area (Å²) in [7, 11) is 0. The highest BCUT2D eigenvalue weighted by Crippen LogP contribution is 2.35. The van der Waals surface area contributed by atoms with Crippen molar-refractivity contribution in [1.29, 1.82) is 0 Å². The van der Waals surface area contributed by atoms with Crippen LogP contribution in [0.5, 0.6) is 0 Å². The van der Waals surface area contributed by atoms with E-state index in [9.17, 15) is 19.2 Å². The van der Waals surface area contributed by atoms with Crippen molar-refractivity contribution in [2.24, 2.45) is 0 Å². The van der Waals surface area contributed by atoms with Gasteiger partial charge in [0.05, 0.1) is 17.9 Å². The van der Waals surface area contributed by atoms with Crippen LogP contribution in [0.3, 0.4) is 0 Å². The van der Waals surface area contributed by atoms with Crippen molar-refractivity contribution in [3.05, 3.63) is 73.9 Å². The summed E-state index contributed by atoms with van der Waals surface area (Å²) in [6.07, 6.45) is 1.49. The lowest BCUT2D eigenvalue weighted by atomic mass is 10.1. The maximum atomic E-state index is 13.4. The van der Waals surface area contributed by atoms with Gasteiger partial charge in [0.25, 0.3) is 11.8 Å². The molecule has 3 aromatic rings. The van der Waals surface area contributed by atoms with Gasteiger partial charge >= 0.3 is 12.0 Å². The zero-order chi connectivity index (χ0) is 27.2. The van der Waals surface area contributed by atoms with Crippen LogP contribution in [0, 0.1) is 41.5 Å². The average Bonchev–Trinajstić information content (AvgIpc) is 3.27. The number of benzene rings is 1. The van der Waals surface area contributed by atoms with Crippen molar-refractivity contribution in [2.45, 2.75) is 48.5 Å². The summed E-state index contributed by atoms with van der Waals surface area (Å²) in [6.45, 7) is 13.4. The normalized spacial score (nSPS) is 14.9. The highest BCUT2D eigenvalue weighted by Gasteiger charge is 2.37. The lowest BCUT2D eigenvalue weighted by Crippen LogP contribution is -2.54. The fraction of sp³-hybridized carbons (Fsp3) is 0.286. The van der Waals surface area contributed by atoms with Crippen LogP contribution >= 0.6 is 11.3 Å². The molecule has 0 spiro atoms. The molecular weight excluding hydrogens is 490 g/mol. The number of esters is 1. The quantitative estimate of drug-likeness (QED) is 0.283. The molecule has 3 heterocycles. The Hall–Kier alpha value is -3.98. The number of aryl methyl sites for hydroxylation is 4. The van der Waals surface area contributed by atoms with Crippen molar-refractivity contribution in [3.63, 3.8) is 0 Å². The van der Waals surface area contributed by atoms with E-state index in [1.807, 2.05) is 58.2 Å². The van der Waals surface area contributed by atoms with E-state index in [0.29, 0.717) is 16.8 Å². The van der Waals surface area contributed by atoms with Gasteiger partial charge in [-0.25, -0.2) is 14.5 Å². The molecule has 0 bridgehead atoms. The number of urea groups is 1. The topological polar surface area (TPSA) is 97.7 Å². The Balaban J connectivity index is 1.80. The molecule has 2 aromatic heterocycles. The lowest BCUT2D eigenvalue weighted by molar-refractivity contribution is -0.122. The molecule has 1 aliphatic rings. The number of amides is 4. The Kier molecular flexibility index (Phi) is 6.92. The molecule has 192 valence electrons. The number of thiophene rings is 1. The molecule has 9 heteroatoms. The van der Waals surface area contributed by atoms with E-state index < -0.39 is 23.8 Å². The highest BCUT2D eigenvalue weighted by molar-refractivity contribution is 7.15. The molecule has 4 amide bonds. The SMILES string of the molecule is CCOC(=O)c1c(-n2c(C)cc(/C=C3\C(=O)NC(=O)N(c4ccc(C)c(C)c4)C3=O)c2C)sc(C)c1C. The first-order chi connectivity index (χ1) is 17.5. The minimum atomic E-state index is -0.788. The molecule has 1 saturated heterocycles. The first-order valence-electron chi connectivity index (χ1n) is 11.9. The average molecular weight is 520 g/mol. The number of imide groups is 2. The van der Waals surface area contributed by atoms with Crippen LogP contribution in [0.1, 0.15) is 55.8 Å². The van der Waals surface area contributed by atoms with Gasteiger partial charge in [0.15, 0.2) is 0 Å². The van der Waals surface area contributed by atoms with E-state index in [0.717, 1.165) is 42.9 Å². The van der Waals surface area contributed by atoms with Crippen LogP contribution in [-0.4, -0.2) is 35.0 Å². The number of hydrogen-bond donors (Lipinski definition) is 1. The minimum absolute atomic E-state index is 0.151. The number of anilines is 1. The van der Waals surface area contributed by atoms with Crippen LogP contribution in [0.25, 0.3) is 11.1 Å². The molecular formula is C28H29N3O5S. The van der Waals surface area contributed by atoms with E-state index >= 15 is 0 Å². The van der Waals surface area contributed by atoms with Gasteiger partial charge < -0.3 is 9.30 Å². The molecule has 0 saturated carbocycles. The fourth-order valence-corrected chi connectivity index (χ4v) is 5.62. The first kappa shape index (κ1) is 26.1. The highest BCUT2D eigenvalue weighted by atomic mass is 32.1. The van der Waals surface area contributed by atoms with Crippen LogP contribution in [0.15, 0.2) is 29.8 Å². The summed E-state index contributed by atoms with van der Waals surface area (Å²) in [4.78, 5) is 53.5. The number of hydrogen-bond acceptors (Lipinski definition) is 6. The summed E-state index contributed by atoms with van der Waals surface area (Å²) >= 11 is 1.48. The van der Waals surface area contributed by atoms with E-state index in [2.05, 4.69) is 5.32 Å². The van der Waals surface area contributed by atoms with Crippen LogP contribution < -0.4 is 10.2 Å². The summed E-state index contributed by atoms with van der Waals surface area (Å²) in [5.41, 5.74) is 5.73. The van der Waals surface area contributed by atoms with Gasteiger partial charge in [0.1, 0.15) is 10.6 Å². The fourth-order valence-electron chi connectivity index (χ4n) is 4.37. The monoisotopic (exact) mass is 519 g/mol. The molecule has 1 aromatic carbocycles. The third-order valence-electron chi connectivity index (χ3n) is 6.67. The second kappa shape index (κ2) is 9.82. The minimum Gasteiger partial charge on any atom is -0.462 e. The molecule has 1 N–H and O–H groups in total. The Labute approximate surface area is 219 Å². The number of nitrogens with one attached hydrogen (secondary N) is 1. The maximum Gasteiger partial charge on any atom is 0.341 e. The number of nitrogens with zero attached hydrogens (tertiary/aromatic N) is 2. The smallest absolute Gasteiger partial charge is 0.341 e. The van der Waals surface area contributed by atoms with Gasteiger partial charge in [-0.15, -0.1) is 11.3 Å². The summed E-state index contributed by atoms with van der Waals surface area (Å²) in [5, 5.41) is 3.00. The number of barbiturate groups is 1. The zero-order valence-corrected chi connectivity index (χ0v) is 22.8. The van der Waals surface area contributed by atoms with Gasteiger partial charge in [-0.05, 0) is 95.0 Å². The predicted octanol–water partition coefficient (Wildman–Crippen LogP) is 5.23. The summed E-state index contributed by atoms with van der Waals surface area (Å²) in [6, 6.07) is 6.30. The number of carbonyl (C=O) groups is 4. The van der Waals surface area contributed by atoms with Gasteiger partial charge in [0, 0.05) is 16.3 Å². The van der Waals surface area contributed by atoms with Crippen LogP contribution in [0.2, 0.25) is 0 Å². The molecule has 1 fully saturated rings. The standard InChI is InChI=1S/C28H29N3O5S/c1-8-36-27(34)23-17(5)19(7)37-26(23)30-16(4)12-20(18(30)6)13-22-24(32)29-28(35)31(25(22)33)21-10-9-14(2)15(3)11-21/h9-13H,8H2,1-7H3,(H,29,32,35)/b22-13+. The second-order valence-electron chi connectivity index (χ2n) is 9.07. The third kappa shape index (κ3) is 4.51. The van der Waals surface area contributed by atoms with E-state index in [4.69, 9.17) is 4.74 Å². The Morgan fingerprint density at radius 1 is 1.03 bits per heavy atom. The van der Waals surface area contributed by atoms with E-state index in [1.165, 1.54) is 17.4 Å².